The zero-order valence-electron chi connectivity index (χ0n) is 28.8. The summed E-state index contributed by atoms with van der Waals surface area (Å²) >= 11 is 0. The molecule has 2 fully saturated rings. The van der Waals surface area contributed by atoms with Gasteiger partial charge >= 0.3 is 12.1 Å². The number of amides is 5. The van der Waals surface area contributed by atoms with Crippen molar-refractivity contribution in [2.45, 2.75) is 77.1 Å². The van der Waals surface area contributed by atoms with E-state index in [2.05, 4.69) is 48.1 Å². The van der Waals surface area contributed by atoms with Crippen LogP contribution < -0.4 is 21.3 Å². The first-order valence-electron chi connectivity index (χ1n) is 16.9. The van der Waals surface area contributed by atoms with E-state index in [9.17, 15) is 19.2 Å². The third kappa shape index (κ3) is 13.9. The molecule has 0 bridgehead atoms. The van der Waals surface area contributed by atoms with Gasteiger partial charge in [-0.1, -0.05) is 48.9 Å². The van der Waals surface area contributed by atoms with E-state index in [0.717, 1.165) is 31.4 Å². The lowest BCUT2D eigenvalue weighted by Crippen LogP contribution is -2.53. The highest BCUT2D eigenvalue weighted by atomic mass is 16.6. The quantitative estimate of drug-likeness (QED) is 0.0923. The second kappa shape index (κ2) is 20.8. The van der Waals surface area contributed by atoms with Crippen LogP contribution in [-0.2, 0) is 39.7 Å². The van der Waals surface area contributed by atoms with Gasteiger partial charge in [-0.2, -0.15) is 0 Å². The number of hydrogen-bond donors (Lipinski definition) is 4. The van der Waals surface area contributed by atoms with Crippen molar-refractivity contribution in [2.24, 2.45) is 11.8 Å². The fraction of sp³-hybridized carbons (Fsp3) is 0.657. The highest BCUT2D eigenvalue weighted by Gasteiger charge is 2.60. The Morgan fingerprint density at radius 2 is 1.67 bits per heavy atom. The molecule has 1 aliphatic heterocycles. The molecule has 1 aromatic rings. The number of imide groups is 1. The van der Waals surface area contributed by atoms with Gasteiger partial charge in [0.1, 0.15) is 12.2 Å². The second-order valence-corrected chi connectivity index (χ2v) is 12.6. The topological polar surface area (TPSA) is 166 Å². The summed E-state index contributed by atoms with van der Waals surface area (Å²) in [5.74, 6) is -0.311. The fourth-order valence-electron chi connectivity index (χ4n) is 6.11. The van der Waals surface area contributed by atoms with Crippen LogP contribution in [0.1, 0.15) is 58.4 Å². The summed E-state index contributed by atoms with van der Waals surface area (Å²) in [6.45, 7) is 8.61. The third-order valence-electron chi connectivity index (χ3n) is 8.62. The van der Waals surface area contributed by atoms with E-state index < -0.39 is 23.9 Å². The van der Waals surface area contributed by atoms with Crippen LogP contribution in [0.3, 0.4) is 0 Å². The number of hydrogen-bond acceptors (Lipinski definition) is 9. The molecule has 1 spiro atoms. The molecule has 1 aromatic carbocycles. The van der Waals surface area contributed by atoms with Gasteiger partial charge in [-0.25, -0.2) is 9.59 Å². The van der Waals surface area contributed by atoms with Crippen molar-refractivity contribution in [2.75, 3.05) is 59.8 Å². The molecular weight excluding hydrogens is 620 g/mol. The Kier molecular flexibility index (Phi) is 16.8. The van der Waals surface area contributed by atoms with E-state index in [1.54, 1.807) is 7.11 Å². The molecule has 268 valence electrons. The molecule has 3 rings (SSSR count). The molecule has 48 heavy (non-hydrogen) atoms. The largest absolute Gasteiger partial charge is 0.443 e. The van der Waals surface area contributed by atoms with E-state index >= 15 is 0 Å². The summed E-state index contributed by atoms with van der Waals surface area (Å²) in [7, 11) is 1.68. The number of carbonyl (C=O) groups excluding carboxylic acids is 4. The first kappa shape index (κ1) is 38.9. The van der Waals surface area contributed by atoms with E-state index in [-0.39, 0.29) is 63.0 Å². The predicted octanol–water partition coefficient (Wildman–Crippen LogP) is 3.27. The third-order valence-corrected chi connectivity index (χ3v) is 8.62. The maximum atomic E-state index is 12.6. The Hall–Kier alpha value is -3.52. The van der Waals surface area contributed by atoms with Crippen LogP contribution in [0, 0.1) is 11.8 Å². The van der Waals surface area contributed by atoms with E-state index in [1.165, 1.54) is 5.57 Å². The molecule has 4 N–H and O–H groups in total. The minimum atomic E-state index is -0.723. The number of ether oxygens (including phenoxy) is 5. The minimum Gasteiger partial charge on any atom is -0.443 e. The lowest BCUT2D eigenvalue weighted by molar-refractivity contribution is -0.121. The number of alkyl carbamates (subject to hydrolysis) is 1. The zero-order chi connectivity index (χ0) is 34.8. The van der Waals surface area contributed by atoms with Gasteiger partial charge in [0.15, 0.2) is 0 Å². The second-order valence-electron chi connectivity index (χ2n) is 12.6. The van der Waals surface area contributed by atoms with E-state index in [0.29, 0.717) is 32.0 Å². The lowest BCUT2D eigenvalue weighted by atomic mass is 9.68. The van der Waals surface area contributed by atoms with Gasteiger partial charge in [0.05, 0.1) is 45.2 Å². The highest BCUT2D eigenvalue weighted by Crippen LogP contribution is 2.51. The summed E-state index contributed by atoms with van der Waals surface area (Å²) in [5.41, 5.74) is 2.14. The Morgan fingerprint density at radius 1 is 0.979 bits per heavy atom. The van der Waals surface area contributed by atoms with Crippen molar-refractivity contribution in [1.82, 2.24) is 21.3 Å². The molecule has 5 atom stereocenters. The van der Waals surface area contributed by atoms with Gasteiger partial charge < -0.3 is 39.6 Å². The van der Waals surface area contributed by atoms with Crippen LogP contribution in [0.4, 0.5) is 9.59 Å². The molecule has 13 nitrogen and oxygen atoms in total. The minimum absolute atomic E-state index is 0.159. The van der Waals surface area contributed by atoms with Crippen LogP contribution in [0.5, 0.6) is 0 Å². The van der Waals surface area contributed by atoms with Crippen molar-refractivity contribution in [3.8, 4) is 0 Å². The number of methoxy groups -OCH3 is 1. The molecule has 3 unspecified atom stereocenters. The SMILES string of the molecule is COC1C(OC(=O)NCCOCCOCCNC(=O)CNC(=O)NC(=O)CCc2ccccc2)CC[C@]2(CO2)C1[C@H](C)CCC=C(C)C. The van der Waals surface area contributed by atoms with Gasteiger partial charge in [0.2, 0.25) is 11.8 Å². The van der Waals surface area contributed by atoms with Gasteiger partial charge in [0.25, 0.3) is 0 Å². The molecule has 0 radical (unpaired) electrons. The number of nitrogens with one attached hydrogen (secondary N) is 4. The first-order valence-corrected chi connectivity index (χ1v) is 16.9. The first-order chi connectivity index (χ1) is 23.1. The molecule has 1 heterocycles. The van der Waals surface area contributed by atoms with Crippen molar-refractivity contribution in [3.63, 3.8) is 0 Å². The maximum Gasteiger partial charge on any atom is 0.407 e. The molecule has 13 heteroatoms. The predicted molar refractivity (Wildman–Crippen MR) is 179 cm³/mol. The van der Waals surface area contributed by atoms with E-state index in [1.807, 2.05) is 30.3 Å². The summed E-state index contributed by atoms with van der Waals surface area (Å²) in [6.07, 6.45) is 5.43. The van der Waals surface area contributed by atoms with Gasteiger partial charge in [0, 0.05) is 32.5 Å². The summed E-state index contributed by atoms with van der Waals surface area (Å²) < 4.78 is 28.6. The Morgan fingerprint density at radius 3 is 2.31 bits per heavy atom. The lowest BCUT2D eigenvalue weighted by Gasteiger charge is -2.43. The molecule has 2 aliphatic rings. The van der Waals surface area contributed by atoms with Crippen molar-refractivity contribution in [3.05, 3.63) is 47.5 Å². The molecule has 1 saturated heterocycles. The number of carbonyl (C=O) groups is 4. The van der Waals surface area contributed by atoms with Gasteiger partial charge in [-0.3, -0.25) is 14.9 Å². The van der Waals surface area contributed by atoms with Crippen molar-refractivity contribution >= 4 is 23.9 Å². The van der Waals surface area contributed by atoms with Crippen LogP contribution >= 0.6 is 0 Å². The summed E-state index contributed by atoms with van der Waals surface area (Å²) in [6, 6.07) is 8.75. The monoisotopic (exact) mass is 674 g/mol. The number of aryl methyl sites for hydroxylation is 1. The van der Waals surface area contributed by atoms with Crippen molar-refractivity contribution < 1.29 is 42.9 Å². The van der Waals surface area contributed by atoms with E-state index in [4.69, 9.17) is 23.7 Å². The molecule has 5 amide bonds. The van der Waals surface area contributed by atoms with Crippen LogP contribution in [0.2, 0.25) is 0 Å². The highest BCUT2D eigenvalue weighted by molar-refractivity contribution is 5.95. The summed E-state index contributed by atoms with van der Waals surface area (Å²) in [4.78, 5) is 48.2. The number of epoxide rings is 1. The molecule has 0 aromatic heterocycles. The molecular formula is C35H54N4O9. The smallest absolute Gasteiger partial charge is 0.407 e. The van der Waals surface area contributed by atoms with Gasteiger partial charge in [-0.15, -0.1) is 0 Å². The van der Waals surface area contributed by atoms with Crippen LogP contribution in [0.15, 0.2) is 42.0 Å². The number of urea groups is 1. The van der Waals surface area contributed by atoms with Gasteiger partial charge in [-0.05, 0) is 57.4 Å². The molecule has 1 aliphatic carbocycles. The Labute approximate surface area is 284 Å². The number of allylic oxidation sites excluding steroid dienone is 2. The summed E-state index contributed by atoms with van der Waals surface area (Å²) in [5, 5.41) is 9.93. The maximum absolute atomic E-state index is 12.6. The molecule has 1 saturated carbocycles. The zero-order valence-corrected chi connectivity index (χ0v) is 28.8. The van der Waals surface area contributed by atoms with Crippen LogP contribution in [0.25, 0.3) is 0 Å². The number of benzene rings is 1. The number of rotatable bonds is 20. The fourth-order valence-corrected chi connectivity index (χ4v) is 6.11. The Bertz CT molecular complexity index is 1190. The average molecular weight is 675 g/mol. The standard InChI is InChI=1S/C35H54N4O9/c1-25(2)9-8-10-26(3)31-32(44-4)28(15-16-35(31)24-47-35)48-34(43)37-18-20-46-22-21-45-19-17-36-30(41)23-38-33(42)39-29(40)14-13-27-11-6-5-7-12-27/h5-7,9,11-12,26,28,31-32H,8,10,13-24H2,1-4H3,(H,36,41)(H,37,43)(H2,38,39,40,42)/t26-,28?,31?,32?,35+/m1/s1. The normalized spacial score (nSPS) is 21.9. The average Bonchev–Trinajstić information content (AvgIpc) is 3.84. The van der Waals surface area contributed by atoms with Crippen molar-refractivity contribution in [1.29, 1.82) is 0 Å². The van der Waals surface area contributed by atoms with Crippen LogP contribution in [-0.4, -0.2) is 102 Å². The Balaban J connectivity index is 1.18.